The highest BCUT2D eigenvalue weighted by atomic mass is 16.6. The molecule has 0 aliphatic heterocycles. The maximum atomic E-state index is 12.2. The number of rotatable bonds is 5. The zero-order chi connectivity index (χ0) is 20.3. The number of hydrogen-bond donors (Lipinski definition) is 3. The van der Waals surface area contributed by atoms with E-state index in [9.17, 15) is 14.7 Å². The van der Waals surface area contributed by atoms with E-state index in [4.69, 9.17) is 4.74 Å². The van der Waals surface area contributed by atoms with Crippen LogP contribution in [0.2, 0.25) is 0 Å². The molecule has 0 aliphatic rings. The third kappa shape index (κ3) is 4.91. The second-order valence-corrected chi connectivity index (χ2v) is 7.66. The summed E-state index contributed by atoms with van der Waals surface area (Å²) in [6.45, 7) is 5.45. The number of ether oxygens (including phenoxy) is 1. The minimum atomic E-state index is -0.569. The number of H-pyrrole nitrogens is 1. The van der Waals surface area contributed by atoms with Crippen LogP contribution in [0, 0.1) is 0 Å². The Morgan fingerprint density at radius 2 is 1.86 bits per heavy atom. The maximum Gasteiger partial charge on any atom is 0.355 e. The van der Waals surface area contributed by atoms with Crippen LogP contribution in [-0.4, -0.2) is 27.6 Å². The number of aromatic hydroxyl groups is 1. The Labute approximate surface area is 163 Å². The Balaban J connectivity index is 1.66. The van der Waals surface area contributed by atoms with Crippen molar-refractivity contribution in [2.45, 2.75) is 39.2 Å². The largest absolute Gasteiger partial charge is 0.508 e. The zero-order valence-corrected chi connectivity index (χ0v) is 16.2. The molecule has 0 aliphatic carbocycles. The van der Waals surface area contributed by atoms with E-state index in [-0.39, 0.29) is 18.1 Å². The summed E-state index contributed by atoms with van der Waals surface area (Å²) < 4.78 is 5.37. The molecule has 3 aromatic rings. The fourth-order valence-electron chi connectivity index (χ4n) is 2.85. The first-order valence-electron chi connectivity index (χ1n) is 9.14. The van der Waals surface area contributed by atoms with Crippen LogP contribution in [0.15, 0.2) is 48.5 Å². The van der Waals surface area contributed by atoms with Gasteiger partial charge in [-0.25, -0.2) is 4.79 Å². The fourth-order valence-corrected chi connectivity index (χ4v) is 2.85. The van der Waals surface area contributed by atoms with Gasteiger partial charge in [0.15, 0.2) is 0 Å². The summed E-state index contributed by atoms with van der Waals surface area (Å²) in [6, 6.07) is 14.1. The molecule has 0 atom stereocenters. The smallest absolute Gasteiger partial charge is 0.355 e. The fraction of sp³-hybridized carbons (Fsp3) is 0.273. The van der Waals surface area contributed by atoms with Gasteiger partial charge in [-0.05, 0) is 63.1 Å². The van der Waals surface area contributed by atoms with Crippen molar-refractivity contribution in [3.05, 3.63) is 59.8 Å². The van der Waals surface area contributed by atoms with Crippen molar-refractivity contribution in [1.82, 2.24) is 4.98 Å². The van der Waals surface area contributed by atoms with Crippen molar-refractivity contribution in [1.29, 1.82) is 0 Å². The molecule has 0 fully saturated rings. The number of para-hydroxylation sites is 1. The molecule has 1 amide bonds. The van der Waals surface area contributed by atoms with Gasteiger partial charge in [0, 0.05) is 23.0 Å². The van der Waals surface area contributed by atoms with Gasteiger partial charge in [0.25, 0.3) is 0 Å². The Hall–Kier alpha value is -3.28. The maximum absolute atomic E-state index is 12.2. The average Bonchev–Trinajstić information content (AvgIpc) is 3.03. The first kappa shape index (κ1) is 19.5. The van der Waals surface area contributed by atoms with E-state index < -0.39 is 11.6 Å². The Morgan fingerprint density at radius 1 is 1.11 bits per heavy atom. The summed E-state index contributed by atoms with van der Waals surface area (Å²) in [5.74, 6) is -0.374. The van der Waals surface area contributed by atoms with E-state index >= 15 is 0 Å². The molecular weight excluding hydrogens is 356 g/mol. The first-order valence-corrected chi connectivity index (χ1v) is 9.14. The van der Waals surface area contributed by atoms with Gasteiger partial charge in [0.1, 0.15) is 17.0 Å². The van der Waals surface area contributed by atoms with E-state index in [0.29, 0.717) is 17.8 Å². The molecule has 146 valence electrons. The van der Waals surface area contributed by atoms with Gasteiger partial charge < -0.3 is 20.1 Å². The Bertz CT molecular complexity index is 1010. The summed E-state index contributed by atoms with van der Waals surface area (Å²) in [5.41, 5.74) is 1.96. The van der Waals surface area contributed by atoms with Gasteiger partial charge in [0.05, 0.1) is 0 Å². The van der Waals surface area contributed by atoms with Crippen molar-refractivity contribution >= 4 is 28.5 Å². The quantitative estimate of drug-likeness (QED) is 0.572. The number of carbonyl (C=O) groups excluding carboxylic acids is 2. The monoisotopic (exact) mass is 380 g/mol. The normalized spacial score (nSPS) is 11.4. The van der Waals surface area contributed by atoms with Crippen LogP contribution >= 0.6 is 0 Å². The molecule has 1 aromatic heterocycles. The number of aryl methyl sites for hydroxylation is 1. The van der Waals surface area contributed by atoms with Crippen LogP contribution in [0.5, 0.6) is 5.75 Å². The lowest BCUT2D eigenvalue weighted by molar-refractivity contribution is -0.116. The van der Waals surface area contributed by atoms with Crippen molar-refractivity contribution in [3.8, 4) is 5.75 Å². The summed E-state index contributed by atoms with van der Waals surface area (Å²) in [6.07, 6.45) is 0.708. The van der Waals surface area contributed by atoms with Crippen LogP contribution in [0.25, 0.3) is 10.9 Å². The summed E-state index contributed by atoms with van der Waals surface area (Å²) in [4.78, 5) is 27.5. The highest BCUT2D eigenvalue weighted by Crippen LogP contribution is 2.22. The third-order valence-corrected chi connectivity index (χ3v) is 4.14. The highest BCUT2D eigenvalue weighted by molar-refractivity contribution is 5.98. The molecule has 0 unspecified atom stereocenters. The number of fused-ring (bicyclic) bond motifs is 1. The highest BCUT2D eigenvalue weighted by Gasteiger charge is 2.19. The zero-order valence-electron chi connectivity index (χ0n) is 16.2. The minimum Gasteiger partial charge on any atom is -0.508 e. The molecule has 6 heteroatoms. The second kappa shape index (κ2) is 7.76. The average molecular weight is 380 g/mol. The van der Waals surface area contributed by atoms with Crippen molar-refractivity contribution in [2.75, 3.05) is 5.32 Å². The molecule has 0 spiro atoms. The molecule has 1 heterocycles. The SMILES string of the molecule is CC(C)(C)OC(=O)c1cc2cc(NC(=O)CCc3ccccc3O)ccc2[nH]1. The van der Waals surface area contributed by atoms with Crippen molar-refractivity contribution < 1.29 is 19.4 Å². The van der Waals surface area contributed by atoms with Gasteiger partial charge in [-0.3, -0.25) is 4.79 Å². The van der Waals surface area contributed by atoms with Gasteiger partial charge in [-0.2, -0.15) is 0 Å². The number of phenols is 1. The van der Waals surface area contributed by atoms with Crippen molar-refractivity contribution in [2.24, 2.45) is 0 Å². The van der Waals surface area contributed by atoms with Crippen LogP contribution in [0.4, 0.5) is 5.69 Å². The summed E-state index contributed by atoms with van der Waals surface area (Å²) in [7, 11) is 0. The Kier molecular flexibility index (Phi) is 5.40. The number of carbonyl (C=O) groups is 2. The van der Waals surface area contributed by atoms with E-state index in [1.54, 1.807) is 36.4 Å². The van der Waals surface area contributed by atoms with Crippen LogP contribution in [0.3, 0.4) is 0 Å². The molecule has 0 saturated carbocycles. The third-order valence-electron chi connectivity index (χ3n) is 4.14. The van der Waals surface area contributed by atoms with E-state index in [1.165, 1.54) is 0 Å². The van der Waals surface area contributed by atoms with Crippen LogP contribution in [0.1, 0.15) is 43.2 Å². The van der Waals surface area contributed by atoms with Crippen LogP contribution in [-0.2, 0) is 16.0 Å². The number of phenolic OH excluding ortho intramolecular Hbond substituents is 1. The number of aromatic amines is 1. The van der Waals surface area contributed by atoms with Crippen LogP contribution < -0.4 is 5.32 Å². The number of aromatic nitrogens is 1. The van der Waals surface area contributed by atoms with Crippen molar-refractivity contribution in [3.63, 3.8) is 0 Å². The van der Waals surface area contributed by atoms with E-state index in [1.807, 2.05) is 32.9 Å². The van der Waals surface area contributed by atoms with Gasteiger partial charge in [-0.15, -0.1) is 0 Å². The number of esters is 1. The summed E-state index contributed by atoms with van der Waals surface area (Å²) in [5, 5.41) is 13.4. The van der Waals surface area contributed by atoms with Gasteiger partial charge >= 0.3 is 5.97 Å². The number of benzene rings is 2. The summed E-state index contributed by atoms with van der Waals surface area (Å²) >= 11 is 0. The molecule has 0 bridgehead atoms. The molecule has 0 saturated heterocycles. The van der Waals surface area contributed by atoms with E-state index in [2.05, 4.69) is 10.3 Å². The Morgan fingerprint density at radius 3 is 2.57 bits per heavy atom. The molecule has 6 nitrogen and oxygen atoms in total. The lowest BCUT2D eigenvalue weighted by atomic mass is 10.1. The molecule has 2 aromatic carbocycles. The molecule has 0 radical (unpaired) electrons. The second-order valence-electron chi connectivity index (χ2n) is 7.66. The standard InChI is InChI=1S/C22H24N2O4/c1-22(2,3)28-21(27)18-13-15-12-16(9-10-17(15)24-18)23-20(26)11-8-14-6-4-5-7-19(14)25/h4-7,9-10,12-13,24-25H,8,11H2,1-3H3,(H,23,26). The van der Waals surface area contributed by atoms with Gasteiger partial charge in [-0.1, -0.05) is 18.2 Å². The van der Waals surface area contributed by atoms with E-state index in [0.717, 1.165) is 16.5 Å². The number of amides is 1. The first-order chi connectivity index (χ1) is 13.2. The molecule has 3 N–H and O–H groups in total. The molecule has 28 heavy (non-hydrogen) atoms. The number of nitrogens with one attached hydrogen (secondary N) is 2. The topological polar surface area (TPSA) is 91.4 Å². The predicted octanol–water partition coefficient (Wildman–Crippen LogP) is 4.40. The lowest BCUT2D eigenvalue weighted by Crippen LogP contribution is -2.24. The molecular formula is C22H24N2O4. The molecule has 3 rings (SSSR count). The predicted molar refractivity (Wildman–Crippen MR) is 109 cm³/mol. The lowest BCUT2D eigenvalue weighted by Gasteiger charge is -2.18. The van der Waals surface area contributed by atoms with Gasteiger partial charge in [0.2, 0.25) is 5.91 Å². The number of hydrogen-bond acceptors (Lipinski definition) is 4. The minimum absolute atomic E-state index is 0.148. The number of anilines is 1.